The van der Waals surface area contributed by atoms with E-state index in [4.69, 9.17) is 9.47 Å². The van der Waals surface area contributed by atoms with Crippen molar-refractivity contribution in [1.82, 2.24) is 10.4 Å². The van der Waals surface area contributed by atoms with E-state index >= 15 is 0 Å². The monoisotopic (exact) mass is 323 g/mol. The van der Waals surface area contributed by atoms with Gasteiger partial charge < -0.3 is 14.5 Å². The third kappa shape index (κ3) is 3.22. The molecule has 24 heavy (non-hydrogen) atoms. The largest absolute Gasteiger partial charge is 0.497 e. The fraction of sp³-hybridized carbons (Fsp3) is 0.111. The maximum absolute atomic E-state index is 12.2. The van der Waals surface area contributed by atoms with Gasteiger partial charge in [0.25, 0.3) is 5.91 Å². The number of amides is 1. The van der Waals surface area contributed by atoms with Crippen LogP contribution in [0.3, 0.4) is 0 Å². The number of H-pyrrole nitrogens is 1. The summed E-state index contributed by atoms with van der Waals surface area (Å²) < 4.78 is 10.4. The van der Waals surface area contributed by atoms with Crippen molar-refractivity contribution in [1.29, 1.82) is 0 Å². The smallest absolute Gasteiger partial charge is 0.287 e. The summed E-state index contributed by atoms with van der Waals surface area (Å²) in [6, 6.07) is 14.8. The van der Waals surface area contributed by atoms with Crippen LogP contribution in [0.5, 0.6) is 11.5 Å². The van der Waals surface area contributed by atoms with Crippen LogP contribution >= 0.6 is 0 Å². The van der Waals surface area contributed by atoms with E-state index in [0.717, 1.165) is 22.2 Å². The number of nitrogens with one attached hydrogen (secondary N) is 2. The summed E-state index contributed by atoms with van der Waals surface area (Å²) in [5.74, 6) is 1.09. The molecule has 0 aliphatic heterocycles. The minimum atomic E-state index is -0.323. The van der Waals surface area contributed by atoms with Gasteiger partial charge in [-0.05, 0) is 30.3 Å². The van der Waals surface area contributed by atoms with Crippen LogP contribution in [-0.2, 0) is 0 Å². The van der Waals surface area contributed by atoms with Crippen LogP contribution in [0.2, 0.25) is 0 Å². The van der Waals surface area contributed by atoms with Crippen molar-refractivity contribution in [2.75, 3.05) is 14.2 Å². The van der Waals surface area contributed by atoms with E-state index in [0.29, 0.717) is 11.4 Å². The first-order chi connectivity index (χ1) is 11.7. The number of rotatable bonds is 5. The molecule has 0 bridgehead atoms. The Morgan fingerprint density at radius 2 is 1.96 bits per heavy atom. The zero-order chi connectivity index (χ0) is 16.9. The minimum absolute atomic E-state index is 0.323. The number of hydrogen-bond donors (Lipinski definition) is 2. The normalized spacial score (nSPS) is 10.9. The van der Waals surface area contributed by atoms with Crippen LogP contribution in [0.1, 0.15) is 16.1 Å². The van der Waals surface area contributed by atoms with Gasteiger partial charge in [-0.2, -0.15) is 5.10 Å². The first-order valence-corrected chi connectivity index (χ1v) is 7.34. The Morgan fingerprint density at radius 1 is 1.12 bits per heavy atom. The summed E-state index contributed by atoms with van der Waals surface area (Å²) in [5.41, 5.74) is 4.53. The highest BCUT2D eigenvalue weighted by Crippen LogP contribution is 2.21. The van der Waals surface area contributed by atoms with Gasteiger partial charge in [0.1, 0.15) is 17.2 Å². The number of fused-ring (bicyclic) bond motifs is 1. The second kappa shape index (κ2) is 6.87. The minimum Gasteiger partial charge on any atom is -0.497 e. The van der Waals surface area contributed by atoms with Crippen molar-refractivity contribution in [3.63, 3.8) is 0 Å². The Hall–Kier alpha value is -3.28. The van der Waals surface area contributed by atoms with Gasteiger partial charge in [-0.3, -0.25) is 4.79 Å². The molecule has 0 saturated carbocycles. The molecule has 0 radical (unpaired) electrons. The maximum Gasteiger partial charge on any atom is 0.287 e. The molecular weight excluding hydrogens is 306 g/mol. The second-order valence-corrected chi connectivity index (χ2v) is 5.08. The quantitative estimate of drug-likeness (QED) is 0.560. The molecule has 0 aliphatic carbocycles. The molecule has 1 heterocycles. The van der Waals surface area contributed by atoms with Gasteiger partial charge in [0.2, 0.25) is 0 Å². The fourth-order valence-electron chi connectivity index (χ4n) is 2.35. The third-order valence-electron chi connectivity index (χ3n) is 3.58. The molecule has 2 N–H and O–H groups in total. The molecule has 3 aromatic rings. The highest BCUT2D eigenvalue weighted by molar-refractivity contribution is 5.98. The number of carbonyl (C=O) groups is 1. The fourth-order valence-corrected chi connectivity index (χ4v) is 2.35. The number of carbonyl (C=O) groups excluding carboxylic acids is 1. The molecule has 0 fully saturated rings. The summed E-state index contributed by atoms with van der Waals surface area (Å²) in [6.45, 7) is 0. The lowest BCUT2D eigenvalue weighted by Crippen LogP contribution is -2.17. The van der Waals surface area contributed by atoms with Crippen LogP contribution in [0, 0.1) is 0 Å². The number of hydrogen-bond acceptors (Lipinski definition) is 4. The number of methoxy groups -OCH3 is 2. The van der Waals surface area contributed by atoms with E-state index in [-0.39, 0.29) is 5.91 Å². The topological polar surface area (TPSA) is 75.7 Å². The molecular formula is C18H17N3O3. The van der Waals surface area contributed by atoms with Gasteiger partial charge in [0, 0.05) is 22.5 Å². The lowest BCUT2D eigenvalue weighted by molar-refractivity contribution is 0.0951. The zero-order valence-corrected chi connectivity index (χ0v) is 13.4. The van der Waals surface area contributed by atoms with Gasteiger partial charge in [0.15, 0.2) is 0 Å². The second-order valence-electron chi connectivity index (χ2n) is 5.08. The average Bonchev–Trinajstić information content (AvgIpc) is 3.05. The first-order valence-electron chi connectivity index (χ1n) is 7.34. The highest BCUT2D eigenvalue weighted by Gasteiger charge is 2.09. The first kappa shape index (κ1) is 15.6. The lowest BCUT2D eigenvalue weighted by atomic mass is 10.2. The summed E-state index contributed by atoms with van der Waals surface area (Å²) in [5, 5.41) is 4.91. The van der Waals surface area contributed by atoms with E-state index < -0.39 is 0 Å². The molecule has 0 atom stereocenters. The number of para-hydroxylation sites is 1. The van der Waals surface area contributed by atoms with Crippen molar-refractivity contribution in [2.45, 2.75) is 0 Å². The maximum atomic E-state index is 12.2. The van der Waals surface area contributed by atoms with Gasteiger partial charge in [0.05, 0.1) is 20.4 Å². The summed E-state index contributed by atoms with van der Waals surface area (Å²) in [6.07, 6.45) is 1.54. The Bertz CT molecular complexity index is 899. The van der Waals surface area contributed by atoms with Gasteiger partial charge in [-0.15, -0.1) is 0 Å². The van der Waals surface area contributed by atoms with E-state index in [1.54, 1.807) is 26.5 Å². The van der Waals surface area contributed by atoms with E-state index in [1.165, 1.54) is 0 Å². The molecule has 3 rings (SSSR count). The van der Waals surface area contributed by atoms with E-state index in [2.05, 4.69) is 15.5 Å². The number of aromatic amines is 1. The standard InChI is InChI=1S/C18H17N3O3/c1-23-14-8-7-12-9-16(20-15(12)10-14)18(22)21-19-11-13-5-3-4-6-17(13)24-2/h3-11,20H,1-2H3,(H,21,22). The summed E-state index contributed by atoms with van der Waals surface area (Å²) >= 11 is 0. The van der Waals surface area contributed by atoms with Crippen molar-refractivity contribution in [2.24, 2.45) is 5.10 Å². The number of hydrazone groups is 1. The molecule has 6 heteroatoms. The highest BCUT2D eigenvalue weighted by atomic mass is 16.5. The molecule has 6 nitrogen and oxygen atoms in total. The molecule has 2 aromatic carbocycles. The molecule has 0 saturated heterocycles. The Labute approximate surface area is 139 Å². The summed E-state index contributed by atoms with van der Waals surface area (Å²) in [4.78, 5) is 15.2. The molecule has 0 aliphatic rings. The lowest BCUT2D eigenvalue weighted by Gasteiger charge is -2.02. The van der Waals surface area contributed by atoms with Crippen molar-refractivity contribution < 1.29 is 14.3 Å². The SMILES string of the molecule is COc1ccc2cc(C(=O)NN=Cc3ccccc3OC)[nH]c2c1. The van der Waals surface area contributed by atoms with Gasteiger partial charge in [-0.1, -0.05) is 12.1 Å². The third-order valence-corrected chi connectivity index (χ3v) is 3.58. The van der Waals surface area contributed by atoms with E-state index in [9.17, 15) is 4.79 Å². The number of aromatic nitrogens is 1. The van der Waals surface area contributed by atoms with Crippen molar-refractivity contribution >= 4 is 23.0 Å². The predicted molar refractivity (Wildman–Crippen MR) is 92.9 cm³/mol. The van der Waals surface area contributed by atoms with Crippen molar-refractivity contribution in [3.8, 4) is 11.5 Å². The number of benzene rings is 2. The average molecular weight is 323 g/mol. The Morgan fingerprint density at radius 3 is 2.75 bits per heavy atom. The molecule has 1 amide bonds. The number of nitrogens with zero attached hydrogens (tertiary/aromatic N) is 1. The van der Waals surface area contributed by atoms with Crippen LogP contribution < -0.4 is 14.9 Å². The van der Waals surface area contributed by atoms with Gasteiger partial charge in [-0.25, -0.2) is 5.43 Å². The molecule has 0 spiro atoms. The van der Waals surface area contributed by atoms with Crippen molar-refractivity contribution in [3.05, 3.63) is 59.8 Å². The van der Waals surface area contributed by atoms with Crippen LogP contribution in [0.4, 0.5) is 0 Å². The Kier molecular flexibility index (Phi) is 4.47. The predicted octanol–water partition coefficient (Wildman–Crippen LogP) is 2.95. The van der Waals surface area contributed by atoms with Crippen LogP contribution in [0.15, 0.2) is 53.6 Å². The Balaban J connectivity index is 1.74. The molecule has 1 aromatic heterocycles. The van der Waals surface area contributed by atoms with E-state index in [1.807, 2.05) is 42.5 Å². The van der Waals surface area contributed by atoms with Crippen LogP contribution in [0.25, 0.3) is 10.9 Å². The molecule has 0 unspecified atom stereocenters. The number of ether oxygens (including phenoxy) is 2. The molecule has 122 valence electrons. The summed E-state index contributed by atoms with van der Waals surface area (Å²) in [7, 11) is 3.19. The van der Waals surface area contributed by atoms with Gasteiger partial charge >= 0.3 is 0 Å². The zero-order valence-electron chi connectivity index (χ0n) is 13.4. The van der Waals surface area contributed by atoms with Crippen LogP contribution in [-0.4, -0.2) is 31.3 Å².